The van der Waals surface area contributed by atoms with E-state index >= 15 is 0 Å². The van der Waals surface area contributed by atoms with Gasteiger partial charge >= 0.3 is 0 Å². The van der Waals surface area contributed by atoms with E-state index in [9.17, 15) is 18.3 Å². The second-order valence-electron chi connectivity index (χ2n) is 8.35. The lowest BCUT2D eigenvalue weighted by Crippen LogP contribution is -2.48. The van der Waals surface area contributed by atoms with Crippen LogP contribution in [0.1, 0.15) is 46.0 Å². The van der Waals surface area contributed by atoms with Crippen molar-refractivity contribution >= 4 is 15.9 Å². The maximum Gasteiger partial charge on any atom is 0.245 e. The highest BCUT2D eigenvalue weighted by Gasteiger charge is 2.72. The Hall–Kier alpha value is -0.880. The molecule has 1 heterocycles. The van der Waals surface area contributed by atoms with Crippen LogP contribution in [-0.4, -0.2) is 41.6 Å². The molecule has 0 unspecified atom stereocenters. The van der Waals surface area contributed by atoms with Crippen molar-refractivity contribution in [3.05, 3.63) is 12.2 Å². The quantitative estimate of drug-likeness (QED) is 0.738. The minimum Gasteiger partial charge on any atom is -0.392 e. The number of hydrogen-bond donors (Lipinski definition) is 1. The molecule has 3 fully saturated rings. The van der Waals surface area contributed by atoms with Crippen molar-refractivity contribution in [1.29, 1.82) is 0 Å². The molecule has 1 aliphatic heterocycles. The highest BCUT2D eigenvalue weighted by atomic mass is 32.2. The highest BCUT2D eigenvalue weighted by Crippen LogP contribution is 2.70. The number of amides is 1. The Balaban J connectivity index is 1.74. The SMILES string of the molecule is CC1(C)[C@@H]2CC[C@]13CS(=O)(=O)N(C(=O)[C@H]1C=CCC[C@H]1O)[C@@H]3C2. The Morgan fingerprint density at radius 1 is 1.30 bits per heavy atom. The summed E-state index contributed by atoms with van der Waals surface area (Å²) in [7, 11) is -3.59. The molecule has 3 aliphatic carbocycles. The number of aliphatic hydroxyl groups excluding tert-OH is 1. The summed E-state index contributed by atoms with van der Waals surface area (Å²) >= 11 is 0. The standard InChI is InChI=1S/C17H25NO4S/c1-16(2)11-7-8-17(16)10-23(21,22)18(14(17)9-11)15(20)12-5-3-4-6-13(12)19/h3,5,11-14,19H,4,6-10H2,1-2H3/t11-,12+,13-,14-,17-/m1/s1. The Bertz CT molecular complexity index is 683. The molecule has 2 bridgehead atoms. The fourth-order valence-corrected chi connectivity index (χ4v) is 8.36. The van der Waals surface area contributed by atoms with Crippen molar-refractivity contribution in [3.8, 4) is 0 Å². The first-order valence-corrected chi connectivity index (χ1v) is 10.2. The van der Waals surface area contributed by atoms with Crippen molar-refractivity contribution in [2.24, 2.45) is 22.7 Å². The molecule has 1 amide bonds. The van der Waals surface area contributed by atoms with Gasteiger partial charge in [0.25, 0.3) is 0 Å². The fourth-order valence-electron chi connectivity index (χ4n) is 5.79. The van der Waals surface area contributed by atoms with E-state index in [1.165, 1.54) is 4.31 Å². The summed E-state index contributed by atoms with van der Waals surface area (Å²) in [5, 5.41) is 10.1. The monoisotopic (exact) mass is 339 g/mol. The van der Waals surface area contributed by atoms with E-state index < -0.39 is 28.0 Å². The first-order chi connectivity index (χ1) is 10.7. The topological polar surface area (TPSA) is 74.7 Å². The third kappa shape index (κ3) is 1.82. The van der Waals surface area contributed by atoms with E-state index in [4.69, 9.17) is 0 Å². The smallest absolute Gasteiger partial charge is 0.245 e. The molecule has 4 rings (SSSR count). The molecule has 0 aromatic rings. The minimum atomic E-state index is -3.59. The van der Waals surface area contributed by atoms with Gasteiger partial charge in [-0.15, -0.1) is 0 Å². The number of rotatable bonds is 1. The summed E-state index contributed by atoms with van der Waals surface area (Å²) in [5.74, 6) is -0.549. The number of carbonyl (C=O) groups is 1. The predicted molar refractivity (Wildman–Crippen MR) is 85.8 cm³/mol. The first-order valence-electron chi connectivity index (χ1n) is 8.61. The van der Waals surface area contributed by atoms with Crippen molar-refractivity contribution in [1.82, 2.24) is 4.31 Å². The third-order valence-corrected chi connectivity index (χ3v) is 9.21. The maximum absolute atomic E-state index is 13.0. The summed E-state index contributed by atoms with van der Waals surface area (Å²) in [5.41, 5.74) is -0.337. The van der Waals surface area contributed by atoms with Crippen LogP contribution in [0.15, 0.2) is 12.2 Å². The lowest BCUT2D eigenvalue weighted by molar-refractivity contribution is -0.135. The van der Waals surface area contributed by atoms with E-state index in [0.29, 0.717) is 12.3 Å². The fraction of sp³-hybridized carbons (Fsp3) is 0.824. The number of nitrogens with zero attached hydrogens (tertiary/aromatic N) is 1. The van der Waals surface area contributed by atoms with Crippen LogP contribution in [0.4, 0.5) is 0 Å². The first kappa shape index (κ1) is 15.6. The Morgan fingerprint density at radius 3 is 2.70 bits per heavy atom. The van der Waals surface area contributed by atoms with E-state index in [1.807, 2.05) is 6.08 Å². The third-order valence-electron chi connectivity index (χ3n) is 7.30. The van der Waals surface area contributed by atoms with Gasteiger partial charge in [0.1, 0.15) is 0 Å². The van der Waals surface area contributed by atoms with Gasteiger partial charge in [-0.2, -0.15) is 0 Å². The summed E-state index contributed by atoms with van der Waals surface area (Å²) in [6.07, 6.45) is 6.78. The molecule has 23 heavy (non-hydrogen) atoms. The van der Waals surface area contributed by atoms with Gasteiger partial charge in [0.15, 0.2) is 0 Å². The number of allylic oxidation sites excluding steroid dienone is 1. The summed E-state index contributed by atoms with van der Waals surface area (Å²) in [6.45, 7) is 4.34. The molecule has 1 spiro atoms. The molecule has 128 valence electrons. The molecule has 5 nitrogen and oxygen atoms in total. The zero-order valence-corrected chi connectivity index (χ0v) is 14.6. The van der Waals surface area contributed by atoms with Gasteiger partial charge in [-0.3, -0.25) is 4.79 Å². The summed E-state index contributed by atoms with van der Waals surface area (Å²) < 4.78 is 26.8. The number of sulfonamides is 1. The van der Waals surface area contributed by atoms with Crippen LogP contribution >= 0.6 is 0 Å². The molecule has 1 saturated heterocycles. The molecule has 6 heteroatoms. The lowest BCUT2D eigenvalue weighted by atomic mass is 9.69. The second kappa shape index (κ2) is 4.60. The number of fused-ring (bicyclic) bond motifs is 1. The van der Waals surface area contributed by atoms with Crippen LogP contribution in [0.5, 0.6) is 0 Å². The van der Waals surface area contributed by atoms with E-state index in [-0.39, 0.29) is 22.6 Å². The average molecular weight is 339 g/mol. The van der Waals surface area contributed by atoms with Crippen LogP contribution in [0.3, 0.4) is 0 Å². The molecule has 0 radical (unpaired) electrons. The number of carbonyl (C=O) groups excluding carboxylic acids is 1. The van der Waals surface area contributed by atoms with E-state index in [2.05, 4.69) is 13.8 Å². The zero-order valence-electron chi connectivity index (χ0n) is 13.7. The van der Waals surface area contributed by atoms with Crippen LogP contribution in [0.2, 0.25) is 0 Å². The van der Waals surface area contributed by atoms with Gasteiger partial charge in [0.2, 0.25) is 15.9 Å². The second-order valence-corrected chi connectivity index (χ2v) is 10.2. The zero-order chi connectivity index (χ0) is 16.6. The van der Waals surface area contributed by atoms with Crippen LogP contribution in [-0.2, 0) is 14.8 Å². The van der Waals surface area contributed by atoms with Crippen molar-refractivity contribution in [2.45, 2.75) is 58.1 Å². The van der Waals surface area contributed by atoms with Gasteiger partial charge in [-0.1, -0.05) is 26.0 Å². The Kier molecular flexibility index (Phi) is 3.13. The largest absolute Gasteiger partial charge is 0.392 e. The molecule has 2 saturated carbocycles. The van der Waals surface area contributed by atoms with Gasteiger partial charge in [-0.05, 0) is 43.4 Å². The normalized spacial score (nSPS) is 46.1. The van der Waals surface area contributed by atoms with Crippen molar-refractivity contribution < 1.29 is 18.3 Å². The van der Waals surface area contributed by atoms with Crippen LogP contribution < -0.4 is 0 Å². The molecule has 0 aromatic carbocycles. The van der Waals surface area contributed by atoms with E-state index in [1.54, 1.807) is 6.08 Å². The minimum absolute atomic E-state index is 0.0409. The molecule has 0 aromatic heterocycles. The Labute approximate surface area is 137 Å². The van der Waals surface area contributed by atoms with Crippen molar-refractivity contribution in [2.75, 3.05) is 5.75 Å². The van der Waals surface area contributed by atoms with Gasteiger partial charge in [0, 0.05) is 5.41 Å². The lowest BCUT2D eigenvalue weighted by Gasteiger charge is -2.37. The molecule has 1 N–H and O–H groups in total. The predicted octanol–water partition coefficient (Wildman–Crippen LogP) is 1.68. The maximum atomic E-state index is 13.0. The summed E-state index contributed by atoms with van der Waals surface area (Å²) in [4.78, 5) is 13.0. The molecule has 5 atom stereocenters. The van der Waals surface area contributed by atoms with Crippen molar-refractivity contribution in [3.63, 3.8) is 0 Å². The average Bonchev–Trinajstić information content (AvgIpc) is 2.94. The molecular formula is C17H25NO4S. The number of aliphatic hydroxyl groups is 1. The van der Waals surface area contributed by atoms with Gasteiger partial charge in [-0.25, -0.2) is 12.7 Å². The van der Waals surface area contributed by atoms with E-state index in [0.717, 1.165) is 25.7 Å². The highest BCUT2D eigenvalue weighted by molar-refractivity contribution is 7.90. The van der Waals surface area contributed by atoms with Gasteiger partial charge in [0.05, 0.1) is 23.8 Å². The summed E-state index contributed by atoms with van der Waals surface area (Å²) in [6, 6.07) is -0.212. The number of hydrogen-bond acceptors (Lipinski definition) is 4. The molecule has 4 aliphatic rings. The van der Waals surface area contributed by atoms with Crippen LogP contribution in [0.25, 0.3) is 0 Å². The van der Waals surface area contributed by atoms with Gasteiger partial charge < -0.3 is 5.11 Å². The van der Waals surface area contributed by atoms with Crippen LogP contribution in [0, 0.1) is 22.7 Å². The Morgan fingerprint density at radius 2 is 2.04 bits per heavy atom. The molecular weight excluding hydrogens is 314 g/mol.